The van der Waals surface area contributed by atoms with Crippen LogP contribution in [-0.2, 0) is 35.5 Å². The Balaban J connectivity index is 0.00000260. The van der Waals surface area contributed by atoms with Gasteiger partial charge in [0, 0.05) is 0 Å². The summed E-state index contributed by atoms with van der Waals surface area (Å²) in [5.41, 5.74) is 15.7. The van der Waals surface area contributed by atoms with Gasteiger partial charge in [-0.05, 0) is 0 Å². The first kappa shape index (κ1) is 38.5. The third kappa shape index (κ3) is 5.56. The number of hydrogen-bond donors (Lipinski definition) is 0. The zero-order valence-corrected chi connectivity index (χ0v) is 35.4. The number of allylic oxidation sites excluding steroid dienone is 4. The minimum absolute atomic E-state index is 0. The van der Waals surface area contributed by atoms with Crippen molar-refractivity contribution in [2.24, 2.45) is 5.92 Å². The van der Waals surface area contributed by atoms with E-state index in [0.29, 0.717) is 5.92 Å². The molecule has 0 saturated heterocycles. The van der Waals surface area contributed by atoms with Gasteiger partial charge in [-0.15, -0.1) is 24.8 Å². The van der Waals surface area contributed by atoms with Gasteiger partial charge in [0.15, 0.2) is 0 Å². The molecule has 4 aromatic carbocycles. The second-order valence-electron chi connectivity index (χ2n) is 16.8. The van der Waals surface area contributed by atoms with Crippen molar-refractivity contribution < 1.29 is 18.3 Å². The van der Waals surface area contributed by atoms with E-state index < -0.39 is 18.3 Å². The molecule has 0 spiro atoms. The second-order valence-corrected chi connectivity index (χ2v) is 29.4. The Bertz CT molecular complexity index is 1970. The Morgan fingerprint density at radius 3 is 1.56 bits per heavy atom. The van der Waals surface area contributed by atoms with Gasteiger partial charge in [-0.1, -0.05) is 0 Å². The molecule has 0 bridgehead atoms. The average molecular weight is 759 g/mol. The molecule has 0 amide bonds. The van der Waals surface area contributed by atoms with Crippen LogP contribution in [0.5, 0.6) is 0 Å². The standard InChI is InChI=1S/C21H25.C9H13.2C7H7.CH2.2ClH.Zr/c1-20(2,3)16-7-9-18-14(12-16)11-15-13-17(21(4,5)6)8-10-19(15)18;1-6-5-7(2)9(4)8(6)3;2*1-7-5-3-2-4-6-7;;;;/h7-10,12H,11H2,1-6H3;6H,1-4H3;2*3-6H,1H3;1H2;2*1H;. The predicted octanol–water partition coefficient (Wildman–Crippen LogP) is 11.0. The fraction of sp³-hybridized carbons (Fsp3) is 0.356. The molecular weight excluding hydrogens is 703 g/mol. The van der Waals surface area contributed by atoms with Crippen LogP contribution >= 0.6 is 24.8 Å². The van der Waals surface area contributed by atoms with E-state index in [-0.39, 0.29) is 35.6 Å². The van der Waals surface area contributed by atoms with Crippen LogP contribution in [-0.4, -0.2) is 4.21 Å². The summed E-state index contributed by atoms with van der Waals surface area (Å²) in [7, 11) is 0. The van der Waals surface area contributed by atoms with Crippen LogP contribution in [0.4, 0.5) is 0 Å². The summed E-state index contributed by atoms with van der Waals surface area (Å²) in [5, 5.41) is 0. The Morgan fingerprint density at radius 1 is 0.625 bits per heavy atom. The molecule has 254 valence electrons. The van der Waals surface area contributed by atoms with Crippen molar-refractivity contribution in [1.82, 2.24) is 0 Å². The summed E-state index contributed by atoms with van der Waals surface area (Å²) >= 11 is -5.03. The molecule has 0 heterocycles. The van der Waals surface area contributed by atoms with E-state index in [1.807, 2.05) is 0 Å². The fourth-order valence-corrected chi connectivity index (χ4v) is 28.0. The van der Waals surface area contributed by atoms with Gasteiger partial charge in [-0.3, -0.25) is 0 Å². The van der Waals surface area contributed by atoms with E-state index in [9.17, 15) is 0 Å². The quantitative estimate of drug-likeness (QED) is 0.171. The van der Waals surface area contributed by atoms with Crippen molar-refractivity contribution in [3.05, 3.63) is 132 Å². The number of fused-ring (bicyclic) bond motifs is 3. The number of hydrogen-bond acceptors (Lipinski definition) is 0. The van der Waals surface area contributed by atoms with Gasteiger partial charge >= 0.3 is 282 Å². The molecule has 0 fully saturated rings. The molecule has 48 heavy (non-hydrogen) atoms. The first-order valence-electron chi connectivity index (χ1n) is 17.3. The van der Waals surface area contributed by atoms with Crippen molar-refractivity contribution >= 4 is 38.8 Å². The van der Waals surface area contributed by atoms with E-state index >= 15 is 0 Å². The van der Waals surface area contributed by atoms with Crippen LogP contribution in [0.25, 0.3) is 11.1 Å². The first-order valence-corrected chi connectivity index (χ1v) is 23.9. The summed E-state index contributed by atoms with van der Waals surface area (Å²) in [5.74, 6) is 0.325. The number of aryl methyl sites for hydroxylation is 2. The molecule has 1 atom stereocenters. The van der Waals surface area contributed by atoms with Crippen molar-refractivity contribution in [2.75, 3.05) is 0 Å². The molecule has 0 aromatic heterocycles. The topological polar surface area (TPSA) is 0 Å². The van der Waals surface area contributed by atoms with E-state index in [0.717, 1.165) is 6.42 Å². The third-order valence-electron chi connectivity index (χ3n) is 11.9. The Kier molecular flexibility index (Phi) is 10.3. The minimum atomic E-state index is -5.03. The van der Waals surface area contributed by atoms with Crippen LogP contribution in [0.1, 0.15) is 103 Å². The van der Waals surface area contributed by atoms with Crippen molar-refractivity contribution in [1.29, 1.82) is 0 Å². The molecule has 3 heteroatoms. The van der Waals surface area contributed by atoms with Crippen molar-refractivity contribution in [2.45, 2.75) is 100 Å². The third-order valence-corrected chi connectivity index (χ3v) is 28.8. The van der Waals surface area contributed by atoms with Crippen LogP contribution < -0.4 is 9.81 Å². The Morgan fingerprint density at radius 2 is 1.12 bits per heavy atom. The van der Waals surface area contributed by atoms with Gasteiger partial charge in [-0.2, -0.15) is 0 Å². The van der Waals surface area contributed by atoms with Gasteiger partial charge in [0.05, 0.1) is 0 Å². The summed E-state index contributed by atoms with van der Waals surface area (Å²) in [6, 6.07) is 31.4. The molecular formula is C45H56Cl2Zr. The Hall–Kier alpha value is -2.31. The van der Waals surface area contributed by atoms with Crippen LogP contribution in [0.15, 0.2) is 98.9 Å². The zero-order chi connectivity index (χ0) is 33.6. The Labute approximate surface area is 304 Å². The molecule has 0 radical (unpaired) electrons. The number of benzene rings is 4. The van der Waals surface area contributed by atoms with Gasteiger partial charge in [0.25, 0.3) is 0 Å². The van der Waals surface area contributed by atoms with E-state index in [4.69, 9.17) is 4.21 Å². The first-order chi connectivity index (χ1) is 21.4. The molecule has 1 unspecified atom stereocenters. The van der Waals surface area contributed by atoms with Crippen molar-refractivity contribution in [3.63, 3.8) is 0 Å². The van der Waals surface area contributed by atoms with E-state index in [1.165, 1.54) is 67.8 Å². The fourth-order valence-electron chi connectivity index (χ4n) is 9.00. The van der Waals surface area contributed by atoms with Gasteiger partial charge in [-0.25, -0.2) is 0 Å². The van der Waals surface area contributed by atoms with Crippen LogP contribution in [0, 0.1) is 19.8 Å². The maximum absolute atomic E-state index is 5.92. The molecule has 2 aliphatic rings. The second kappa shape index (κ2) is 12.8. The van der Waals surface area contributed by atoms with Crippen LogP contribution in [0.3, 0.4) is 0 Å². The zero-order valence-electron chi connectivity index (χ0n) is 31.3. The molecule has 0 nitrogen and oxygen atoms in total. The molecule has 2 aliphatic carbocycles. The maximum atomic E-state index is 5.92. The summed E-state index contributed by atoms with van der Waals surface area (Å²) in [6.45, 7) is 28.2. The van der Waals surface area contributed by atoms with Gasteiger partial charge < -0.3 is 0 Å². The summed E-state index contributed by atoms with van der Waals surface area (Å²) in [4.78, 5) is 0. The molecule has 0 aliphatic heterocycles. The SMILES string of the molecule is Cl.Cl.[CH2]=[Zr]([C]1=C(C)C(C)=C(C)C1C)([c]1ccc(C)cc1)([c]1ccc(C)cc1)[c]1c(C(C)(C)C)ccc2c1Cc1cc(C(C)(C)C)ccc1-2. The van der Waals surface area contributed by atoms with Crippen LogP contribution in [0.2, 0.25) is 0 Å². The van der Waals surface area contributed by atoms with E-state index in [2.05, 4.69) is 162 Å². The van der Waals surface area contributed by atoms with E-state index in [1.54, 1.807) is 6.55 Å². The average Bonchev–Trinajstić information content (AvgIpc) is 3.46. The number of halogens is 2. The normalized spacial score (nSPS) is 16.4. The van der Waals surface area contributed by atoms with Crippen molar-refractivity contribution in [3.8, 4) is 11.1 Å². The molecule has 4 aromatic rings. The summed E-state index contributed by atoms with van der Waals surface area (Å²) in [6.07, 6.45) is 0.955. The van der Waals surface area contributed by atoms with Gasteiger partial charge in [0.1, 0.15) is 0 Å². The summed E-state index contributed by atoms with van der Waals surface area (Å²) < 4.78 is 12.0. The molecule has 0 saturated carbocycles. The molecule has 0 N–H and O–H groups in total. The number of rotatable bonds is 4. The predicted molar refractivity (Wildman–Crippen MR) is 215 cm³/mol. The monoisotopic (exact) mass is 756 g/mol. The van der Waals surface area contributed by atoms with Gasteiger partial charge in [0.2, 0.25) is 0 Å². The molecule has 6 rings (SSSR count).